The molecule has 4 nitrogen and oxygen atoms in total. The molecule has 68 valence electrons. The van der Waals surface area contributed by atoms with Gasteiger partial charge in [0, 0.05) is 6.42 Å². The van der Waals surface area contributed by atoms with Crippen molar-refractivity contribution >= 4 is 5.97 Å². The van der Waals surface area contributed by atoms with Gasteiger partial charge in [-0.2, -0.15) is 0 Å². The number of ether oxygens (including phenoxy) is 1. The third-order valence-electron chi connectivity index (χ3n) is 2.28. The highest BCUT2D eigenvalue weighted by atomic mass is 16.5. The number of hydrogen-bond donors (Lipinski definition) is 2. The smallest absolute Gasteiger partial charge is 0.328 e. The van der Waals surface area contributed by atoms with E-state index in [1.165, 1.54) is 6.08 Å². The van der Waals surface area contributed by atoms with Gasteiger partial charge in [0.15, 0.2) is 0 Å². The van der Waals surface area contributed by atoms with Crippen LogP contribution >= 0.6 is 0 Å². The lowest BCUT2D eigenvalue weighted by atomic mass is 10.1. The molecule has 2 atom stereocenters. The molecule has 0 aromatic carbocycles. The Hall–Kier alpha value is -0.870. The van der Waals surface area contributed by atoms with E-state index in [1.54, 1.807) is 6.92 Å². The van der Waals surface area contributed by atoms with Crippen molar-refractivity contribution in [2.75, 3.05) is 6.61 Å². The van der Waals surface area contributed by atoms with Gasteiger partial charge in [0.25, 0.3) is 0 Å². The summed E-state index contributed by atoms with van der Waals surface area (Å²) < 4.78 is 4.77. The number of carbonyl (C=O) groups is 1. The Morgan fingerprint density at radius 2 is 2.33 bits per heavy atom. The standard InChI is InChI=1S/C8H14N2O2/c1-3-7(9)5-8(7,10)6(11)12-4-2/h3H,1,4-5,9-10H2,2H3/t7-,8+/m0/s1. The lowest BCUT2D eigenvalue weighted by Gasteiger charge is -2.13. The first-order valence-corrected chi connectivity index (χ1v) is 3.89. The van der Waals surface area contributed by atoms with Crippen molar-refractivity contribution in [3.63, 3.8) is 0 Å². The number of esters is 1. The number of rotatable bonds is 3. The Bertz CT molecular complexity index is 229. The summed E-state index contributed by atoms with van der Waals surface area (Å²) in [5.41, 5.74) is 9.60. The normalized spacial score (nSPS) is 38.9. The van der Waals surface area contributed by atoms with E-state index < -0.39 is 17.0 Å². The fourth-order valence-electron chi connectivity index (χ4n) is 1.19. The molecule has 1 aliphatic carbocycles. The summed E-state index contributed by atoms with van der Waals surface area (Å²) in [5, 5.41) is 0. The molecule has 1 aliphatic rings. The van der Waals surface area contributed by atoms with E-state index in [9.17, 15) is 4.79 Å². The van der Waals surface area contributed by atoms with E-state index in [4.69, 9.17) is 16.2 Å². The van der Waals surface area contributed by atoms with Crippen molar-refractivity contribution in [3.05, 3.63) is 12.7 Å². The molecule has 4 heteroatoms. The third kappa shape index (κ3) is 1.04. The Morgan fingerprint density at radius 3 is 2.67 bits per heavy atom. The SMILES string of the molecule is C=C[C@]1(N)C[C@@]1(N)C(=O)OCC. The van der Waals surface area contributed by atoms with Crippen LogP contribution in [0, 0.1) is 0 Å². The molecule has 0 aromatic heterocycles. The summed E-state index contributed by atoms with van der Waals surface area (Å²) in [6, 6.07) is 0. The zero-order valence-electron chi connectivity index (χ0n) is 7.17. The van der Waals surface area contributed by atoms with E-state index in [0.29, 0.717) is 13.0 Å². The lowest BCUT2D eigenvalue weighted by Crippen LogP contribution is -2.47. The summed E-state index contributed by atoms with van der Waals surface area (Å²) in [5.74, 6) is -0.438. The Morgan fingerprint density at radius 1 is 1.75 bits per heavy atom. The molecule has 0 heterocycles. The maximum Gasteiger partial charge on any atom is 0.328 e. The lowest BCUT2D eigenvalue weighted by molar-refractivity contribution is -0.146. The van der Waals surface area contributed by atoms with Crippen LogP contribution in [0.15, 0.2) is 12.7 Å². The molecule has 1 fully saturated rings. The molecule has 0 aliphatic heterocycles. The molecule has 1 rings (SSSR count). The average molecular weight is 170 g/mol. The van der Waals surface area contributed by atoms with Gasteiger partial charge in [0.05, 0.1) is 12.1 Å². The number of carbonyl (C=O) groups excluding carboxylic acids is 1. The highest BCUT2D eigenvalue weighted by molar-refractivity contribution is 5.88. The van der Waals surface area contributed by atoms with Crippen LogP contribution in [0.4, 0.5) is 0 Å². The molecule has 4 N–H and O–H groups in total. The van der Waals surface area contributed by atoms with Crippen molar-refractivity contribution in [2.45, 2.75) is 24.4 Å². The first-order chi connectivity index (χ1) is 5.50. The van der Waals surface area contributed by atoms with Crippen LogP contribution in [-0.4, -0.2) is 23.7 Å². The maximum atomic E-state index is 11.2. The van der Waals surface area contributed by atoms with Crippen LogP contribution in [0.25, 0.3) is 0 Å². The molecule has 12 heavy (non-hydrogen) atoms. The molecule has 0 radical (unpaired) electrons. The van der Waals surface area contributed by atoms with Gasteiger partial charge >= 0.3 is 5.97 Å². The van der Waals surface area contributed by atoms with Crippen LogP contribution in [0.1, 0.15) is 13.3 Å². The van der Waals surface area contributed by atoms with Gasteiger partial charge < -0.3 is 16.2 Å². The molecule has 0 unspecified atom stereocenters. The van der Waals surface area contributed by atoms with Crippen LogP contribution < -0.4 is 11.5 Å². The van der Waals surface area contributed by atoms with Crippen LogP contribution in [-0.2, 0) is 9.53 Å². The summed E-state index contributed by atoms with van der Waals surface area (Å²) in [4.78, 5) is 11.2. The van der Waals surface area contributed by atoms with Crippen molar-refractivity contribution < 1.29 is 9.53 Å². The van der Waals surface area contributed by atoms with E-state index in [-0.39, 0.29) is 0 Å². The quantitative estimate of drug-likeness (QED) is 0.443. The summed E-state index contributed by atoms with van der Waals surface area (Å²) >= 11 is 0. The van der Waals surface area contributed by atoms with Crippen molar-refractivity contribution in [2.24, 2.45) is 11.5 Å². The second-order valence-electron chi connectivity index (χ2n) is 3.11. The number of nitrogens with two attached hydrogens (primary N) is 2. The minimum Gasteiger partial charge on any atom is -0.465 e. The second-order valence-corrected chi connectivity index (χ2v) is 3.11. The summed E-state index contributed by atoms with van der Waals surface area (Å²) in [6.07, 6.45) is 1.92. The fourth-order valence-corrected chi connectivity index (χ4v) is 1.19. The van der Waals surface area contributed by atoms with Crippen molar-refractivity contribution in [1.82, 2.24) is 0 Å². The average Bonchev–Trinajstić information content (AvgIpc) is 2.58. The van der Waals surface area contributed by atoms with Gasteiger partial charge in [-0.15, -0.1) is 6.58 Å². The van der Waals surface area contributed by atoms with E-state index in [2.05, 4.69) is 6.58 Å². The fraction of sp³-hybridized carbons (Fsp3) is 0.625. The monoisotopic (exact) mass is 170 g/mol. The van der Waals surface area contributed by atoms with Crippen molar-refractivity contribution in [1.29, 1.82) is 0 Å². The predicted octanol–water partition coefficient (Wildman–Crippen LogP) is -0.466. The zero-order valence-corrected chi connectivity index (χ0v) is 7.17. The minimum atomic E-state index is -1.04. The van der Waals surface area contributed by atoms with Gasteiger partial charge in [-0.05, 0) is 6.92 Å². The van der Waals surface area contributed by atoms with Gasteiger partial charge in [-0.1, -0.05) is 6.08 Å². The van der Waals surface area contributed by atoms with Gasteiger partial charge in [0.2, 0.25) is 0 Å². The van der Waals surface area contributed by atoms with Gasteiger partial charge in [0.1, 0.15) is 5.54 Å². The van der Waals surface area contributed by atoms with Gasteiger partial charge in [-0.3, -0.25) is 0 Å². The number of hydrogen-bond acceptors (Lipinski definition) is 4. The Labute approximate surface area is 71.6 Å². The molecule has 1 saturated carbocycles. The van der Waals surface area contributed by atoms with E-state index in [1.807, 2.05) is 0 Å². The molecule has 0 bridgehead atoms. The second kappa shape index (κ2) is 2.57. The highest BCUT2D eigenvalue weighted by Crippen LogP contribution is 2.45. The molecular weight excluding hydrogens is 156 g/mol. The molecule has 0 aromatic rings. The first kappa shape index (κ1) is 9.22. The maximum absolute atomic E-state index is 11.2. The predicted molar refractivity (Wildman–Crippen MR) is 45.3 cm³/mol. The van der Waals surface area contributed by atoms with E-state index in [0.717, 1.165) is 0 Å². The Kier molecular flexibility index (Phi) is 1.97. The Balaban J connectivity index is 2.66. The summed E-state index contributed by atoms with van der Waals surface area (Å²) in [6.45, 7) is 5.58. The zero-order chi connectivity index (χ0) is 9.41. The van der Waals surface area contributed by atoms with Crippen LogP contribution in [0.5, 0.6) is 0 Å². The largest absolute Gasteiger partial charge is 0.465 e. The van der Waals surface area contributed by atoms with Crippen molar-refractivity contribution in [3.8, 4) is 0 Å². The first-order valence-electron chi connectivity index (χ1n) is 3.89. The molecule has 0 spiro atoms. The van der Waals surface area contributed by atoms with E-state index >= 15 is 0 Å². The van der Waals surface area contributed by atoms with Gasteiger partial charge in [-0.25, -0.2) is 4.79 Å². The molecule has 0 saturated heterocycles. The molecular formula is C8H14N2O2. The molecule has 0 amide bonds. The van der Waals surface area contributed by atoms with Crippen LogP contribution in [0.3, 0.4) is 0 Å². The third-order valence-corrected chi connectivity index (χ3v) is 2.28. The van der Waals surface area contributed by atoms with Crippen LogP contribution in [0.2, 0.25) is 0 Å². The minimum absolute atomic E-state index is 0.324. The summed E-state index contributed by atoms with van der Waals surface area (Å²) in [7, 11) is 0. The topological polar surface area (TPSA) is 78.3 Å². The highest BCUT2D eigenvalue weighted by Gasteiger charge is 2.67.